The molecule has 0 unspecified atom stereocenters. The van der Waals surface area contributed by atoms with Gasteiger partial charge in [-0.1, -0.05) is 38.1 Å². The first-order valence-corrected chi connectivity index (χ1v) is 12.4. The quantitative estimate of drug-likeness (QED) is 0.389. The van der Waals surface area contributed by atoms with Crippen LogP contribution in [-0.4, -0.2) is 63.4 Å². The highest BCUT2D eigenvalue weighted by molar-refractivity contribution is 5.89. The molecule has 12 heteroatoms. The van der Waals surface area contributed by atoms with Gasteiger partial charge in [-0.15, -0.1) is 0 Å². The van der Waals surface area contributed by atoms with Crippen molar-refractivity contribution in [2.24, 2.45) is 0 Å². The summed E-state index contributed by atoms with van der Waals surface area (Å²) in [5.74, 6) is -0.334. The highest BCUT2D eigenvalue weighted by Gasteiger charge is 2.24. The first-order valence-electron chi connectivity index (χ1n) is 12.4. The van der Waals surface area contributed by atoms with Gasteiger partial charge in [0.05, 0.1) is 36.3 Å². The van der Waals surface area contributed by atoms with E-state index in [-0.39, 0.29) is 17.9 Å². The van der Waals surface area contributed by atoms with Crippen molar-refractivity contribution in [1.82, 2.24) is 30.1 Å². The minimum absolute atomic E-state index is 0.0277. The molecule has 0 radical (unpaired) electrons. The zero-order chi connectivity index (χ0) is 26.9. The Morgan fingerprint density at radius 3 is 2.66 bits per heavy atom. The largest absolute Gasteiger partial charge is 0.378 e. The van der Waals surface area contributed by atoms with E-state index in [0.29, 0.717) is 41.4 Å². The molecule has 1 amide bonds. The van der Waals surface area contributed by atoms with Crippen molar-refractivity contribution in [3.63, 3.8) is 0 Å². The molecule has 1 N–H and O–H groups in total. The number of hydrogen-bond acceptors (Lipinski definition) is 8. The number of nitrogens with one attached hydrogen (secondary N) is 1. The number of amides is 1. The van der Waals surface area contributed by atoms with Crippen LogP contribution >= 0.6 is 0 Å². The Morgan fingerprint density at radius 1 is 1.16 bits per heavy atom. The van der Waals surface area contributed by atoms with E-state index < -0.39 is 18.8 Å². The number of halogens is 2. The van der Waals surface area contributed by atoms with Crippen LogP contribution in [-0.2, 0) is 23.1 Å². The molecular formula is C26H29F2N7O3. The van der Waals surface area contributed by atoms with Gasteiger partial charge in [-0.25, -0.2) is 18.3 Å². The maximum absolute atomic E-state index is 13.5. The molecule has 10 nitrogen and oxygen atoms in total. The number of alkyl halides is 2. The summed E-state index contributed by atoms with van der Waals surface area (Å²) in [5.41, 5.74) is 3.68. The monoisotopic (exact) mass is 525 g/mol. The maximum Gasteiger partial charge on any atom is 0.315 e. The first-order chi connectivity index (χ1) is 18.2. The van der Waals surface area contributed by atoms with Crippen molar-refractivity contribution in [1.29, 1.82) is 0 Å². The molecule has 4 heterocycles. The summed E-state index contributed by atoms with van der Waals surface area (Å²) in [4.78, 5) is 23.4. The van der Waals surface area contributed by atoms with E-state index in [9.17, 15) is 13.6 Å². The van der Waals surface area contributed by atoms with Gasteiger partial charge >= 0.3 is 11.8 Å². The van der Waals surface area contributed by atoms with Gasteiger partial charge < -0.3 is 19.5 Å². The third-order valence-corrected chi connectivity index (χ3v) is 6.35. The molecule has 0 atom stereocenters. The van der Waals surface area contributed by atoms with Crippen LogP contribution in [0.25, 0.3) is 16.8 Å². The third-order valence-electron chi connectivity index (χ3n) is 6.35. The summed E-state index contributed by atoms with van der Waals surface area (Å²) in [5, 5.41) is 10.9. The minimum Gasteiger partial charge on any atom is -0.378 e. The Hall–Kier alpha value is -3.93. The maximum atomic E-state index is 13.5. The van der Waals surface area contributed by atoms with Crippen molar-refractivity contribution < 1.29 is 22.8 Å². The predicted octanol–water partition coefficient (Wildman–Crippen LogP) is 3.65. The molecular weight excluding hydrogens is 496 g/mol. The number of rotatable bonds is 7. The second-order valence-electron chi connectivity index (χ2n) is 10.2. The lowest BCUT2D eigenvalue weighted by Gasteiger charge is -2.27. The molecule has 38 heavy (non-hydrogen) atoms. The number of morpholine rings is 1. The van der Waals surface area contributed by atoms with Gasteiger partial charge in [0, 0.05) is 37.0 Å². The molecule has 4 aromatic rings. The molecule has 1 aliphatic rings. The van der Waals surface area contributed by atoms with Gasteiger partial charge in [0.1, 0.15) is 6.33 Å². The Kier molecular flexibility index (Phi) is 7.06. The van der Waals surface area contributed by atoms with Crippen molar-refractivity contribution in [2.75, 3.05) is 31.2 Å². The summed E-state index contributed by atoms with van der Waals surface area (Å²) >= 11 is 0. The SMILES string of the molecule is CC(C)(C)c1noc(C(=O)NCc2ccc(-c3ncnn4cc(N5CCOCC5)cc34)cc2CC(F)F)n1. The van der Waals surface area contributed by atoms with Crippen LogP contribution in [0.15, 0.2) is 41.3 Å². The number of carbonyl (C=O) groups excluding carboxylic acids is 1. The molecule has 0 spiro atoms. The molecule has 1 fully saturated rings. The molecule has 0 bridgehead atoms. The fourth-order valence-corrected chi connectivity index (χ4v) is 4.31. The van der Waals surface area contributed by atoms with Gasteiger partial charge in [0.15, 0.2) is 5.82 Å². The number of fused-ring (bicyclic) bond motifs is 1. The Labute approximate surface area is 218 Å². The second kappa shape index (κ2) is 10.4. The fourth-order valence-electron chi connectivity index (χ4n) is 4.31. The molecule has 3 aromatic heterocycles. The van der Waals surface area contributed by atoms with Gasteiger partial charge in [-0.2, -0.15) is 10.1 Å². The van der Waals surface area contributed by atoms with Crippen molar-refractivity contribution in [2.45, 2.75) is 45.6 Å². The summed E-state index contributed by atoms with van der Waals surface area (Å²) in [6.45, 7) is 8.61. The van der Waals surface area contributed by atoms with E-state index in [1.54, 1.807) is 16.6 Å². The van der Waals surface area contributed by atoms with E-state index in [0.717, 1.165) is 24.3 Å². The van der Waals surface area contributed by atoms with Gasteiger partial charge in [-0.3, -0.25) is 4.79 Å². The van der Waals surface area contributed by atoms with E-state index in [4.69, 9.17) is 9.26 Å². The Balaban J connectivity index is 1.40. The standard InChI is InChI=1S/C26H29F2N7O3/c1-26(2,3)25-32-24(38-33-25)23(36)29-13-17-5-4-16(10-18(17)11-21(27)28)22-20-12-19(14-35(20)31-15-30-22)34-6-8-37-9-7-34/h4-5,10,12,14-15,21H,6-9,11,13H2,1-3H3,(H,29,36). The minimum atomic E-state index is -2.56. The van der Waals surface area contributed by atoms with Crippen molar-refractivity contribution in [3.8, 4) is 11.3 Å². The number of ether oxygens (including phenoxy) is 1. The molecule has 1 aromatic carbocycles. The van der Waals surface area contributed by atoms with E-state index in [1.165, 1.54) is 6.33 Å². The summed E-state index contributed by atoms with van der Waals surface area (Å²) in [6, 6.07) is 7.23. The number of carbonyl (C=O) groups is 1. The number of anilines is 1. The highest BCUT2D eigenvalue weighted by Crippen LogP contribution is 2.29. The van der Waals surface area contributed by atoms with E-state index in [1.807, 2.05) is 39.1 Å². The third kappa shape index (κ3) is 5.49. The van der Waals surface area contributed by atoms with Crippen molar-refractivity contribution >= 4 is 17.1 Å². The smallest absolute Gasteiger partial charge is 0.315 e. The van der Waals surface area contributed by atoms with Crippen molar-refractivity contribution in [3.05, 3.63) is 59.6 Å². The van der Waals surface area contributed by atoms with Crippen LogP contribution in [0.1, 0.15) is 48.4 Å². The van der Waals surface area contributed by atoms with Crippen LogP contribution in [0, 0.1) is 0 Å². The molecule has 0 saturated carbocycles. The summed E-state index contributed by atoms with van der Waals surface area (Å²) in [7, 11) is 0. The number of nitrogens with zero attached hydrogens (tertiary/aromatic N) is 6. The van der Waals surface area contributed by atoms with E-state index >= 15 is 0 Å². The number of aromatic nitrogens is 5. The normalized spacial score (nSPS) is 14.4. The lowest BCUT2D eigenvalue weighted by Crippen LogP contribution is -2.35. The lowest BCUT2D eigenvalue weighted by atomic mass is 9.96. The molecule has 0 aliphatic carbocycles. The zero-order valence-corrected chi connectivity index (χ0v) is 21.4. The van der Waals surface area contributed by atoms with Crippen LogP contribution < -0.4 is 10.2 Å². The average molecular weight is 526 g/mol. The van der Waals surface area contributed by atoms with Gasteiger partial charge in [-0.05, 0) is 23.3 Å². The molecule has 5 rings (SSSR count). The number of hydrogen-bond donors (Lipinski definition) is 1. The second-order valence-corrected chi connectivity index (χ2v) is 10.2. The Bertz CT molecular complexity index is 1440. The zero-order valence-electron chi connectivity index (χ0n) is 21.4. The highest BCUT2D eigenvalue weighted by atomic mass is 19.3. The van der Waals surface area contributed by atoms with Gasteiger partial charge in [0.25, 0.3) is 0 Å². The molecule has 1 saturated heterocycles. The van der Waals surface area contributed by atoms with Crippen LogP contribution in [0.5, 0.6) is 0 Å². The summed E-state index contributed by atoms with van der Waals surface area (Å²) < 4.78 is 39.3. The summed E-state index contributed by atoms with van der Waals surface area (Å²) in [6.07, 6.45) is 0.354. The van der Waals surface area contributed by atoms with Crippen LogP contribution in [0.4, 0.5) is 14.5 Å². The molecule has 200 valence electrons. The van der Waals surface area contributed by atoms with Gasteiger partial charge in [0.2, 0.25) is 6.43 Å². The van der Waals surface area contributed by atoms with Crippen LogP contribution in [0.2, 0.25) is 0 Å². The lowest BCUT2D eigenvalue weighted by molar-refractivity contribution is 0.0906. The fraction of sp³-hybridized carbons (Fsp3) is 0.423. The first kappa shape index (κ1) is 25.7. The predicted molar refractivity (Wildman–Crippen MR) is 135 cm³/mol. The average Bonchev–Trinajstić information content (AvgIpc) is 3.56. The Morgan fingerprint density at radius 2 is 1.95 bits per heavy atom. The van der Waals surface area contributed by atoms with Crippen LogP contribution in [0.3, 0.4) is 0 Å². The number of benzene rings is 1. The molecule has 1 aliphatic heterocycles. The van der Waals surface area contributed by atoms with E-state index in [2.05, 4.69) is 30.4 Å². The topological polar surface area (TPSA) is 111 Å².